The summed E-state index contributed by atoms with van der Waals surface area (Å²) in [6.07, 6.45) is 3.54. The number of benzene rings is 1. The third-order valence-electron chi connectivity index (χ3n) is 1.92. The van der Waals surface area contributed by atoms with Crippen LogP contribution in [0.2, 0.25) is 0 Å². The molecule has 0 bridgehead atoms. The average Bonchev–Trinajstić information content (AvgIpc) is 2.65. The van der Waals surface area contributed by atoms with Crippen molar-refractivity contribution in [2.45, 2.75) is 0 Å². The second-order valence-corrected chi connectivity index (χ2v) is 3.25. The number of hydrogen-bond acceptors (Lipinski definition) is 3. The zero-order valence-corrected chi connectivity index (χ0v) is 8.15. The van der Waals surface area contributed by atoms with Crippen LogP contribution < -0.4 is 0 Å². The Morgan fingerprint density at radius 2 is 1.93 bits per heavy atom. The van der Waals surface area contributed by atoms with Gasteiger partial charge >= 0.3 is 0 Å². The molecule has 0 unspecified atom stereocenters. The molecule has 3 nitrogen and oxygen atoms in total. The van der Waals surface area contributed by atoms with Crippen LogP contribution in [-0.4, -0.2) is 9.19 Å². The maximum absolute atomic E-state index is 8.62. The summed E-state index contributed by atoms with van der Waals surface area (Å²) in [7, 11) is 0. The second-order valence-electron chi connectivity index (χ2n) is 2.84. The number of nitriles is 1. The first-order valence-electron chi connectivity index (χ1n) is 4.04. The van der Waals surface area contributed by atoms with Crippen LogP contribution in [0.15, 0.2) is 36.7 Å². The average molecular weight is 201 g/mol. The molecule has 0 aliphatic heterocycles. The van der Waals surface area contributed by atoms with Crippen LogP contribution in [0.3, 0.4) is 0 Å². The fourth-order valence-corrected chi connectivity index (χ4v) is 1.37. The zero-order chi connectivity index (χ0) is 9.97. The number of thiol groups is 1. The Morgan fingerprint density at radius 1 is 1.21 bits per heavy atom. The molecule has 2 aromatic rings. The van der Waals surface area contributed by atoms with Crippen LogP contribution in [0.25, 0.3) is 11.1 Å². The van der Waals surface area contributed by atoms with E-state index in [-0.39, 0.29) is 0 Å². The van der Waals surface area contributed by atoms with Crippen LogP contribution in [0.4, 0.5) is 0 Å². The molecule has 0 fully saturated rings. The standard InChI is InChI=1S/C10H7N3S/c11-5-8-1-3-9(4-2-8)10-6-12-13(14)7-10/h1-4,6-7,14H. The van der Waals surface area contributed by atoms with E-state index in [4.69, 9.17) is 5.26 Å². The Balaban J connectivity index is 2.39. The lowest BCUT2D eigenvalue weighted by molar-refractivity contribution is 1.02. The molecule has 68 valence electrons. The van der Waals surface area contributed by atoms with Crippen molar-refractivity contribution in [3.63, 3.8) is 0 Å². The molecule has 0 aliphatic rings. The van der Waals surface area contributed by atoms with Gasteiger partial charge < -0.3 is 0 Å². The molecule has 4 heteroatoms. The van der Waals surface area contributed by atoms with Crippen LogP contribution in [0, 0.1) is 11.3 Å². The van der Waals surface area contributed by atoms with E-state index < -0.39 is 0 Å². The molecule has 2 rings (SSSR count). The second kappa shape index (κ2) is 3.56. The van der Waals surface area contributed by atoms with E-state index in [9.17, 15) is 0 Å². The smallest absolute Gasteiger partial charge is 0.0991 e. The molecule has 1 heterocycles. The Labute approximate surface area is 87.1 Å². The summed E-state index contributed by atoms with van der Waals surface area (Å²) in [4.78, 5) is 0. The minimum Gasteiger partial charge on any atom is -0.217 e. The molecule has 0 radical (unpaired) electrons. The highest BCUT2D eigenvalue weighted by Crippen LogP contribution is 2.18. The molecule has 0 spiro atoms. The maximum atomic E-state index is 8.62. The van der Waals surface area contributed by atoms with Crippen molar-refractivity contribution >= 4 is 12.8 Å². The summed E-state index contributed by atoms with van der Waals surface area (Å²) in [5.74, 6) is 0. The molecule has 1 aromatic carbocycles. The fraction of sp³-hybridized carbons (Fsp3) is 0. The van der Waals surface area contributed by atoms with Gasteiger partial charge in [0.15, 0.2) is 0 Å². The van der Waals surface area contributed by atoms with Crippen molar-refractivity contribution in [2.24, 2.45) is 0 Å². The third-order valence-corrected chi connectivity index (χ3v) is 2.14. The molecule has 0 saturated heterocycles. The Hall–Kier alpha value is -1.73. The quantitative estimate of drug-likeness (QED) is 0.718. The summed E-state index contributed by atoms with van der Waals surface area (Å²) in [5.41, 5.74) is 2.68. The molecule has 1 aromatic heterocycles. The van der Waals surface area contributed by atoms with Gasteiger partial charge in [0.05, 0.1) is 17.8 Å². The summed E-state index contributed by atoms with van der Waals surface area (Å²) in [6, 6.07) is 9.43. The van der Waals surface area contributed by atoms with E-state index in [1.54, 1.807) is 18.3 Å². The van der Waals surface area contributed by atoms with Crippen molar-refractivity contribution in [1.82, 2.24) is 9.19 Å². The predicted octanol–water partition coefficient (Wildman–Crippen LogP) is 2.11. The first-order valence-corrected chi connectivity index (χ1v) is 4.44. The molecule has 0 atom stereocenters. The summed E-state index contributed by atoms with van der Waals surface area (Å²) >= 11 is 4.05. The first kappa shape index (κ1) is 8.85. The first-order chi connectivity index (χ1) is 6.79. The summed E-state index contributed by atoms with van der Waals surface area (Å²) in [5, 5.41) is 12.6. The predicted molar refractivity (Wildman–Crippen MR) is 56.8 cm³/mol. The molecular formula is C10H7N3S. The Kier molecular flexibility index (Phi) is 2.25. The van der Waals surface area contributed by atoms with Crippen LogP contribution >= 0.6 is 12.8 Å². The van der Waals surface area contributed by atoms with Gasteiger partial charge in [-0.1, -0.05) is 12.1 Å². The van der Waals surface area contributed by atoms with E-state index in [2.05, 4.69) is 24.0 Å². The van der Waals surface area contributed by atoms with Crippen molar-refractivity contribution in [3.05, 3.63) is 42.2 Å². The third kappa shape index (κ3) is 1.63. The minimum atomic E-state index is 0.659. The summed E-state index contributed by atoms with van der Waals surface area (Å²) < 4.78 is 1.45. The normalized spacial score (nSPS) is 9.71. The lowest BCUT2D eigenvalue weighted by atomic mass is 10.1. The highest BCUT2D eigenvalue weighted by atomic mass is 32.1. The van der Waals surface area contributed by atoms with Gasteiger partial charge in [0.1, 0.15) is 0 Å². The van der Waals surface area contributed by atoms with Gasteiger partial charge in [-0.2, -0.15) is 10.4 Å². The molecule has 0 amide bonds. The van der Waals surface area contributed by atoms with Gasteiger partial charge in [-0.15, -0.1) is 0 Å². The molecule has 0 aliphatic carbocycles. The minimum absolute atomic E-state index is 0.659. The van der Waals surface area contributed by atoms with Crippen LogP contribution in [-0.2, 0) is 0 Å². The van der Waals surface area contributed by atoms with Gasteiger partial charge in [0, 0.05) is 11.8 Å². The van der Waals surface area contributed by atoms with E-state index in [1.165, 1.54) is 4.09 Å². The topological polar surface area (TPSA) is 41.6 Å². The monoisotopic (exact) mass is 201 g/mol. The highest BCUT2D eigenvalue weighted by molar-refractivity contribution is 7.78. The van der Waals surface area contributed by atoms with E-state index in [0.29, 0.717) is 5.56 Å². The van der Waals surface area contributed by atoms with Gasteiger partial charge in [0.25, 0.3) is 0 Å². The number of nitrogens with zero attached hydrogens (tertiary/aromatic N) is 3. The van der Waals surface area contributed by atoms with Gasteiger partial charge in [-0.3, -0.25) is 0 Å². The van der Waals surface area contributed by atoms with Crippen molar-refractivity contribution in [3.8, 4) is 17.2 Å². The van der Waals surface area contributed by atoms with Crippen molar-refractivity contribution in [2.75, 3.05) is 0 Å². The number of rotatable bonds is 1. The lowest BCUT2D eigenvalue weighted by Crippen LogP contribution is -1.76. The van der Waals surface area contributed by atoms with Gasteiger partial charge in [0.2, 0.25) is 0 Å². The van der Waals surface area contributed by atoms with Crippen molar-refractivity contribution in [1.29, 1.82) is 5.26 Å². The summed E-state index contributed by atoms with van der Waals surface area (Å²) in [6.45, 7) is 0. The van der Waals surface area contributed by atoms with E-state index >= 15 is 0 Å². The lowest BCUT2D eigenvalue weighted by Gasteiger charge is -1.95. The van der Waals surface area contributed by atoms with Crippen LogP contribution in [0.1, 0.15) is 5.56 Å². The van der Waals surface area contributed by atoms with Crippen molar-refractivity contribution < 1.29 is 0 Å². The van der Waals surface area contributed by atoms with E-state index in [0.717, 1.165) is 11.1 Å². The molecule has 14 heavy (non-hydrogen) atoms. The van der Waals surface area contributed by atoms with E-state index in [1.807, 2.05) is 18.3 Å². The maximum Gasteiger partial charge on any atom is 0.0991 e. The van der Waals surface area contributed by atoms with Gasteiger partial charge in [-0.25, -0.2) is 4.09 Å². The van der Waals surface area contributed by atoms with Crippen LogP contribution in [0.5, 0.6) is 0 Å². The Morgan fingerprint density at radius 3 is 2.43 bits per heavy atom. The fourth-order valence-electron chi connectivity index (χ4n) is 1.20. The molecule has 0 saturated carbocycles. The molecular weight excluding hydrogens is 194 g/mol. The SMILES string of the molecule is N#Cc1ccc(-c2cnn(S)c2)cc1. The molecule has 0 N–H and O–H groups in total. The van der Waals surface area contributed by atoms with Gasteiger partial charge in [-0.05, 0) is 30.5 Å². The zero-order valence-electron chi connectivity index (χ0n) is 7.25. The number of hydrogen-bond donors (Lipinski definition) is 1. The Bertz CT molecular complexity index is 479. The number of aromatic nitrogens is 2. The largest absolute Gasteiger partial charge is 0.217 e. The highest BCUT2D eigenvalue weighted by Gasteiger charge is 1.99.